The SMILES string of the molecule is N.NS(=O)(=O)c1ccc(Cl)nc1.NS(=O)(=O)c1ccc(N2CCCCC2)nc1.O=S(=O)(Cl)c1ccc(Cl)nc1. The topological polar surface area (TPSA) is 231 Å². The molecule has 13 nitrogen and oxygen atoms in total. The largest absolute Gasteiger partial charge is 0.357 e. The van der Waals surface area contributed by atoms with Crippen LogP contribution in [0.4, 0.5) is 5.82 Å². The summed E-state index contributed by atoms with van der Waals surface area (Å²) in [5, 5.41) is 10.3. The van der Waals surface area contributed by atoms with Crippen molar-refractivity contribution in [1.82, 2.24) is 21.1 Å². The quantitative estimate of drug-likeness (QED) is 0.271. The van der Waals surface area contributed by atoms with E-state index in [9.17, 15) is 25.3 Å². The van der Waals surface area contributed by atoms with E-state index in [0.717, 1.165) is 31.3 Å². The van der Waals surface area contributed by atoms with Gasteiger partial charge in [0.15, 0.2) is 0 Å². The Bertz CT molecular complexity index is 1450. The molecule has 0 amide bonds. The highest BCUT2D eigenvalue weighted by Gasteiger charge is 2.14. The number of halogens is 3. The Morgan fingerprint density at radius 1 is 0.641 bits per heavy atom. The molecule has 4 rings (SSSR count). The zero-order valence-corrected chi connectivity index (χ0v) is 24.9. The van der Waals surface area contributed by atoms with E-state index in [1.54, 1.807) is 6.07 Å². The Balaban J connectivity index is 0.000000297. The molecule has 1 aliphatic heterocycles. The number of pyridine rings is 3. The summed E-state index contributed by atoms with van der Waals surface area (Å²) in [6.07, 6.45) is 7.12. The fraction of sp³-hybridized carbons (Fsp3) is 0.250. The maximum Gasteiger partial charge on any atom is 0.262 e. The molecule has 1 fully saturated rings. The van der Waals surface area contributed by atoms with Crippen LogP contribution < -0.4 is 21.3 Å². The van der Waals surface area contributed by atoms with Crippen LogP contribution in [0.5, 0.6) is 0 Å². The Labute approximate surface area is 241 Å². The second kappa shape index (κ2) is 15.0. The maximum absolute atomic E-state index is 11.0. The summed E-state index contributed by atoms with van der Waals surface area (Å²) in [6.45, 7) is 1.98. The highest BCUT2D eigenvalue weighted by atomic mass is 35.7. The van der Waals surface area contributed by atoms with Crippen molar-refractivity contribution >= 4 is 68.8 Å². The Morgan fingerprint density at radius 2 is 1.05 bits per heavy atom. The molecule has 0 saturated carbocycles. The molecule has 0 bridgehead atoms. The van der Waals surface area contributed by atoms with Crippen molar-refractivity contribution in [3.05, 3.63) is 65.3 Å². The minimum absolute atomic E-state index is 0. The Hall–Kier alpha value is -2.15. The predicted octanol–water partition coefficient (Wildman–Crippen LogP) is 2.93. The molecule has 0 unspecified atom stereocenters. The lowest BCUT2D eigenvalue weighted by Crippen LogP contribution is -2.30. The van der Waals surface area contributed by atoms with Crippen molar-refractivity contribution in [2.75, 3.05) is 18.0 Å². The van der Waals surface area contributed by atoms with E-state index >= 15 is 0 Å². The number of primary sulfonamides is 2. The van der Waals surface area contributed by atoms with Gasteiger partial charge in [0.05, 0.1) is 0 Å². The minimum Gasteiger partial charge on any atom is -0.357 e. The fourth-order valence-electron chi connectivity index (χ4n) is 2.89. The zero-order chi connectivity index (χ0) is 28.6. The number of anilines is 1. The van der Waals surface area contributed by atoms with E-state index in [4.69, 9.17) is 44.2 Å². The first-order chi connectivity index (χ1) is 17.6. The summed E-state index contributed by atoms with van der Waals surface area (Å²) in [7, 11) is -5.94. The van der Waals surface area contributed by atoms with Crippen molar-refractivity contribution in [2.24, 2.45) is 10.3 Å². The lowest BCUT2D eigenvalue weighted by atomic mass is 10.1. The number of nitrogens with two attached hydrogens (primary N) is 2. The van der Waals surface area contributed by atoms with Crippen molar-refractivity contribution in [3.8, 4) is 0 Å². The van der Waals surface area contributed by atoms with E-state index in [1.807, 2.05) is 0 Å². The van der Waals surface area contributed by atoms with Gasteiger partial charge in [-0.25, -0.2) is 50.5 Å². The first kappa shape index (κ1) is 34.9. The highest BCUT2D eigenvalue weighted by Crippen LogP contribution is 2.18. The molecule has 0 atom stereocenters. The van der Waals surface area contributed by atoms with Crippen molar-refractivity contribution in [3.63, 3.8) is 0 Å². The van der Waals surface area contributed by atoms with Crippen LogP contribution in [0.25, 0.3) is 0 Å². The summed E-state index contributed by atoms with van der Waals surface area (Å²) >= 11 is 10.8. The first-order valence-electron chi connectivity index (χ1n) is 10.5. The normalized spacial score (nSPS) is 13.6. The molecule has 3 aromatic rings. The van der Waals surface area contributed by atoms with Crippen LogP contribution in [0.15, 0.2) is 69.7 Å². The van der Waals surface area contributed by atoms with Crippen LogP contribution in [-0.4, -0.2) is 53.3 Å². The van der Waals surface area contributed by atoms with Gasteiger partial charge in [-0.05, 0) is 55.7 Å². The average molecular weight is 663 g/mol. The van der Waals surface area contributed by atoms with Crippen LogP contribution in [0.3, 0.4) is 0 Å². The third-order valence-electron chi connectivity index (χ3n) is 4.74. The third-order valence-corrected chi connectivity index (χ3v) is 8.32. The number of rotatable bonds is 4. The van der Waals surface area contributed by atoms with Gasteiger partial charge in [-0.2, -0.15) is 0 Å². The van der Waals surface area contributed by atoms with Gasteiger partial charge < -0.3 is 11.1 Å². The van der Waals surface area contributed by atoms with E-state index < -0.39 is 29.1 Å². The first-order valence-corrected chi connectivity index (χ1v) is 16.7. The average Bonchev–Trinajstić information content (AvgIpc) is 2.84. The van der Waals surface area contributed by atoms with Crippen LogP contribution in [0.2, 0.25) is 10.3 Å². The molecule has 216 valence electrons. The molecule has 4 heterocycles. The fourth-order valence-corrected chi connectivity index (χ4v) is 4.71. The molecular formula is C20H26Cl3N7O6S3. The highest BCUT2D eigenvalue weighted by molar-refractivity contribution is 8.13. The van der Waals surface area contributed by atoms with Gasteiger partial charge in [0.2, 0.25) is 20.0 Å². The van der Waals surface area contributed by atoms with Gasteiger partial charge in [0, 0.05) is 42.4 Å². The number of hydrogen-bond donors (Lipinski definition) is 3. The van der Waals surface area contributed by atoms with Crippen LogP contribution in [0, 0.1) is 0 Å². The molecule has 1 aliphatic rings. The van der Waals surface area contributed by atoms with E-state index in [-0.39, 0.29) is 31.1 Å². The zero-order valence-electron chi connectivity index (χ0n) is 20.2. The van der Waals surface area contributed by atoms with Gasteiger partial charge >= 0.3 is 0 Å². The molecule has 0 aliphatic carbocycles. The van der Waals surface area contributed by atoms with E-state index in [2.05, 4.69) is 19.9 Å². The molecule has 1 saturated heterocycles. The summed E-state index contributed by atoms with van der Waals surface area (Å²) in [4.78, 5) is 13.4. The molecule has 39 heavy (non-hydrogen) atoms. The summed E-state index contributed by atoms with van der Waals surface area (Å²) in [6, 6.07) is 8.53. The molecular weight excluding hydrogens is 637 g/mol. The van der Waals surface area contributed by atoms with E-state index in [1.165, 1.54) is 55.8 Å². The van der Waals surface area contributed by atoms with E-state index in [0.29, 0.717) is 0 Å². The van der Waals surface area contributed by atoms with Crippen molar-refractivity contribution in [1.29, 1.82) is 0 Å². The Morgan fingerprint density at radius 3 is 1.38 bits per heavy atom. The molecule has 3 aromatic heterocycles. The smallest absolute Gasteiger partial charge is 0.262 e. The Kier molecular flexibility index (Phi) is 13.4. The summed E-state index contributed by atoms with van der Waals surface area (Å²) in [5.41, 5.74) is 0. The number of hydrogen-bond acceptors (Lipinski definition) is 11. The monoisotopic (exact) mass is 661 g/mol. The van der Waals surface area contributed by atoms with Gasteiger partial charge in [-0.1, -0.05) is 23.2 Å². The van der Waals surface area contributed by atoms with Crippen LogP contribution in [-0.2, 0) is 29.1 Å². The van der Waals surface area contributed by atoms with Crippen LogP contribution in [0.1, 0.15) is 19.3 Å². The van der Waals surface area contributed by atoms with Gasteiger partial charge in [0.25, 0.3) is 9.05 Å². The number of nitrogens with zero attached hydrogens (tertiary/aromatic N) is 4. The maximum atomic E-state index is 11.0. The minimum atomic E-state index is -3.67. The molecule has 0 spiro atoms. The predicted molar refractivity (Wildman–Crippen MR) is 150 cm³/mol. The molecule has 0 aromatic carbocycles. The molecule has 0 radical (unpaired) electrons. The second-order valence-electron chi connectivity index (χ2n) is 7.56. The lowest BCUT2D eigenvalue weighted by molar-refractivity contribution is 0.573. The van der Waals surface area contributed by atoms with Crippen LogP contribution >= 0.6 is 33.9 Å². The number of aromatic nitrogens is 3. The second-order valence-corrected chi connectivity index (χ2v) is 14.0. The van der Waals surface area contributed by atoms with Gasteiger partial charge in [-0.3, -0.25) is 0 Å². The third kappa shape index (κ3) is 12.3. The summed E-state index contributed by atoms with van der Waals surface area (Å²) in [5.74, 6) is 0.826. The molecule has 19 heteroatoms. The number of piperidine rings is 1. The van der Waals surface area contributed by atoms with Gasteiger partial charge in [0.1, 0.15) is 30.8 Å². The molecule has 7 N–H and O–H groups in total. The van der Waals surface area contributed by atoms with Gasteiger partial charge in [-0.15, -0.1) is 0 Å². The van der Waals surface area contributed by atoms with Crippen molar-refractivity contribution in [2.45, 2.75) is 33.9 Å². The van der Waals surface area contributed by atoms with Crippen molar-refractivity contribution < 1.29 is 25.3 Å². The lowest BCUT2D eigenvalue weighted by Gasteiger charge is -2.27. The summed E-state index contributed by atoms with van der Waals surface area (Å²) < 4.78 is 64.6. The standard InChI is InChI=1S/C10H15N3O2S.C5H3Cl2NO2S.C5H5ClN2O2S.H3N/c11-16(14,15)9-4-5-10(12-8-9)13-6-2-1-3-7-13;2*6-5-2-1-4(3-8-5)11(7,9)10;/h4-5,8H,1-3,6-7H2,(H2,11,14,15);1-3H;1-3H,(H2,7,9,10);1H3. The number of sulfonamides is 2.